The van der Waals surface area contributed by atoms with E-state index in [0.29, 0.717) is 14.9 Å². The van der Waals surface area contributed by atoms with Crippen molar-refractivity contribution in [1.82, 2.24) is 16.2 Å². The highest BCUT2D eigenvalue weighted by Gasteiger charge is 2.23. The van der Waals surface area contributed by atoms with Gasteiger partial charge in [0, 0.05) is 9.92 Å². The fourth-order valence-corrected chi connectivity index (χ4v) is 2.96. The Balaban J connectivity index is 2.49. The lowest BCUT2D eigenvalue weighted by atomic mass is 10.0. The maximum absolute atomic E-state index is 12.0. The minimum absolute atomic E-state index is 0.0237. The van der Waals surface area contributed by atoms with Gasteiger partial charge in [-0.2, -0.15) is 0 Å². The van der Waals surface area contributed by atoms with Gasteiger partial charge in [0.1, 0.15) is 6.04 Å². The second kappa shape index (κ2) is 9.61. The molecular formula is C14H18Cl2N4O3S. The first-order valence-electron chi connectivity index (χ1n) is 6.93. The lowest BCUT2D eigenvalue weighted by Gasteiger charge is -2.20. The van der Waals surface area contributed by atoms with Crippen molar-refractivity contribution in [3.63, 3.8) is 0 Å². The van der Waals surface area contributed by atoms with Gasteiger partial charge in [0.25, 0.3) is 5.91 Å². The molecule has 5 N–H and O–H groups in total. The van der Waals surface area contributed by atoms with Crippen molar-refractivity contribution < 1.29 is 14.4 Å². The highest BCUT2D eigenvalue weighted by Crippen LogP contribution is 2.29. The molecule has 10 heteroatoms. The summed E-state index contributed by atoms with van der Waals surface area (Å²) in [6.45, 7) is 3.47. The number of urea groups is 1. The van der Waals surface area contributed by atoms with Crippen LogP contribution in [0, 0.1) is 5.92 Å². The summed E-state index contributed by atoms with van der Waals surface area (Å²) in [6.07, 6.45) is 0. The molecule has 0 fully saturated rings. The Hall–Kier alpha value is -1.64. The number of hydrazine groups is 1. The first kappa shape index (κ1) is 20.4. The molecule has 1 atom stereocenters. The summed E-state index contributed by atoms with van der Waals surface area (Å²) in [4.78, 5) is 35.3. The van der Waals surface area contributed by atoms with Gasteiger partial charge >= 0.3 is 6.03 Å². The molecule has 0 aromatic heterocycles. The van der Waals surface area contributed by atoms with Crippen LogP contribution < -0.4 is 21.9 Å². The Morgan fingerprint density at radius 1 is 1.21 bits per heavy atom. The van der Waals surface area contributed by atoms with Crippen LogP contribution in [0.25, 0.3) is 0 Å². The average Bonchev–Trinajstić information content (AvgIpc) is 2.50. The zero-order chi connectivity index (χ0) is 18.3. The van der Waals surface area contributed by atoms with E-state index in [-0.39, 0.29) is 11.7 Å². The van der Waals surface area contributed by atoms with Crippen molar-refractivity contribution in [2.24, 2.45) is 11.7 Å². The quantitative estimate of drug-likeness (QED) is 0.437. The number of benzene rings is 1. The van der Waals surface area contributed by atoms with Gasteiger partial charge in [-0.25, -0.2) is 4.79 Å². The molecule has 0 spiro atoms. The largest absolute Gasteiger partial charge is 0.352 e. The number of thioether (sulfide) groups is 1. The third kappa shape index (κ3) is 6.86. The van der Waals surface area contributed by atoms with Gasteiger partial charge in [0.15, 0.2) is 0 Å². The topological polar surface area (TPSA) is 113 Å². The molecule has 0 unspecified atom stereocenters. The SMILES string of the molecule is CC(C)[C@@H](NC(N)=O)C(=O)NNC(=O)CSc1cc(Cl)ccc1Cl. The highest BCUT2D eigenvalue weighted by molar-refractivity contribution is 8.00. The standard InChI is InChI=1S/C14H18Cl2N4O3S/c1-7(2)12(18-14(17)23)13(22)20-19-11(21)6-24-10-5-8(15)3-4-9(10)16/h3-5,7,12H,6H2,1-2H3,(H,19,21)(H,20,22)(H3,17,18,23)/t12-/m1/s1. The molecule has 132 valence electrons. The van der Waals surface area contributed by atoms with Crippen LogP contribution >= 0.6 is 35.0 Å². The molecular weight excluding hydrogens is 375 g/mol. The van der Waals surface area contributed by atoms with Gasteiger partial charge in [-0.3, -0.25) is 20.4 Å². The van der Waals surface area contributed by atoms with Crippen LogP contribution in [0.1, 0.15) is 13.8 Å². The van der Waals surface area contributed by atoms with E-state index in [4.69, 9.17) is 28.9 Å². The van der Waals surface area contributed by atoms with E-state index in [1.54, 1.807) is 32.0 Å². The maximum atomic E-state index is 12.0. The number of halogens is 2. The zero-order valence-electron chi connectivity index (χ0n) is 13.1. The number of primary amides is 1. The molecule has 0 bridgehead atoms. The Labute approximate surface area is 154 Å². The Morgan fingerprint density at radius 3 is 2.46 bits per heavy atom. The number of amides is 4. The molecule has 4 amide bonds. The molecule has 7 nitrogen and oxygen atoms in total. The number of rotatable bonds is 6. The van der Waals surface area contributed by atoms with Gasteiger partial charge in [0.2, 0.25) is 5.91 Å². The van der Waals surface area contributed by atoms with Crippen LogP contribution in [-0.2, 0) is 9.59 Å². The lowest BCUT2D eigenvalue weighted by molar-refractivity contribution is -0.129. The first-order chi connectivity index (χ1) is 11.2. The fraction of sp³-hybridized carbons (Fsp3) is 0.357. The van der Waals surface area contributed by atoms with E-state index in [1.807, 2.05) is 0 Å². The van der Waals surface area contributed by atoms with Gasteiger partial charge in [-0.15, -0.1) is 11.8 Å². The predicted octanol–water partition coefficient (Wildman–Crippen LogP) is 1.93. The van der Waals surface area contributed by atoms with Crippen LogP contribution in [0.3, 0.4) is 0 Å². The van der Waals surface area contributed by atoms with E-state index in [9.17, 15) is 14.4 Å². The number of carbonyl (C=O) groups is 3. The third-order valence-electron chi connectivity index (χ3n) is 2.82. The minimum Gasteiger partial charge on any atom is -0.352 e. The van der Waals surface area contributed by atoms with Crippen LogP contribution in [-0.4, -0.2) is 29.6 Å². The van der Waals surface area contributed by atoms with Gasteiger partial charge in [-0.1, -0.05) is 37.0 Å². The Kier molecular flexibility index (Phi) is 8.17. The van der Waals surface area contributed by atoms with Crippen LogP contribution in [0.5, 0.6) is 0 Å². The van der Waals surface area contributed by atoms with Crippen LogP contribution in [0.2, 0.25) is 10.0 Å². The van der Waals surface area contributed by atoms with Crippen LogP contribution in [0.4, 0.5) is 4.79 Å². The average molecular weight is 393 g/mol. The Bertz CT molecular complexity index is 628. The molecule has 1 rings (SSSR count). The molecule has 24 heavy (non-hydrogen) atoms. The summed E-state index contributed by atoms with van der Waals surface area (Å²) >= 11 is 13.0. The zero-order valence-corrected chi connectivity index (χ0v) is 15.4. The molecule has 1 aromatic carbocycles. The minimum atomic E-state index is -0.849. The number of nitrogens with two attached hydrogens (primary N) is 1. The monoisotopic (exact) mass is 392 g/mol. The highest BCUT2D eigenvalue weighted by atomic mass is 35.5. The number of hydrogen-bond acceptors (Lipinski definition) is 4. The molecule has 1 aromatic rings. The normalized spacial score (nSPS) is 11.7. The molecule has 0 aliphatic rings. The van der Waals surface area contributed by atoms with Crippen molar-refractivity contribution in [3.05, 3.63) is 28.2 Å². The molecule has 0 heterocycles. The summed E-state index contributed by atoms with van der Waals surface area (Å²) < 4.78 is 0. The van der Waals surface area contributed by atoms with Gasteiger partial charge in [-0.05, 0) is 24.1 Å². The summed E-state index contributed by atoms with van der Waals surface area (Å²) in [6, 6.07) is 3.26. The lowest BCUT2D eigenvalue weighted by Crippen LogP contribution is -2.55. The van der Waals surface area contributed by atoms with E-state index in [0.717, 1.165) is 0 Å². The molecule has 0 aliphatic heterocycles. The third-order valence-corrected chi connectivity index (χ3v) is 4.56. The summed E-state index contributed by atoms with van der Waals surface area (Å²) in [5.41, 5.74) is 9.54. The van der Waals surface area contributed by atoms with Crippen molar-refractivity contribution in [2.45, 2.75) is 24.8 Å². The smallest absolute Gasteiger partial charge is 0.312 e. The second-order valence-corrected chi connectivity index (χ2v) is 6.99. The van der Waals surface area contributed by atoms with Crippen molar-refractivity contribution in [2.75, 3.05) is 5.75 Å². The number of hydrogen-bond donors (Lipinski definition) is 4. The molecule has 0 aliphatic carbocycles. The molecule has 0 radical (unpaired) electrons. The van der Waals surface area contributed by atoms with Crippen molar-refractivity contribution >= 4 is 52.8 Å². The second-order valence-electron chi connectivity index (χ2n) is 5.13. The maximum Gasteiger partial charge on any atom is 0.312 e. The van der Waals surface area contributed by atoms with E-state index >= 15 is 0 Å². The van der Waals surface area contributed by atoms with Gasteiger partial charge < -0.3 is 11.1 Å². The first-order valence-corrected chi connectivity index (χ1v) is 8.67. The summed E-state index contributed by atoms with van der Waals surface area (Å²) in [5, 5.41) is 3.30. The van der Waals surface area contributed by atoms with Crippen molar-refractivity contribution in [3.8, 4) is 0 Å². The number of carbonyl (C=O) groups excluding carboxylic acids is 3. The van der Waals surface area contributed by atoms with E-state index in [1.165, 1.54) is 11.8 Å². The van der Waals surface area contributed by atoms with Gasteiger partial charge in [0.05, 0.1) is 10.8 Å². The van der Waals surface area contributed by atoms with Crippen molar-refractivity contribution in [1.29, 1.82) is 0 Å². The predicted molar refractivity (Wildman–Crippen MR) is 94.8 cm³/mol. The number of nitrogens with one attached hydrogen (secondary N) is 3. The van der Waals surface area contributed by atoms with E-state index < -0.39 is 23.9 Å². The summed E-state index contributed by atoms with van der Waals surface area (Å²) in [7, 11) is 0. The van der Waals surface area contributed by atoms with Crippen LogP contribution in [0.15, 0.2) is 23.1 Å². The molecule has 0 saturated heterocycles. The van der Waals surface area contributed by atoms with E-state index in [2.05, 4.69) is 16.2 Å². The Morgan fingerprint density at radius 2 is 1.88 bits per heavy atom. The fourth-order valence-electron chi connectivity index (χ4n) is 1.66. The molecule has 0 saturated carbocycles. The summed E-state index contributed by atoms with van der Waals surface area (Å²) in [5.74, 6) is -1.18.